The summed E-state index contributed by atoms with van der Waals surface area (Å²) in [5.41, 5.74) is 2.22. The number of thiazole rings is 1. The minimum absolute atomic E-state index is 0.481. The molecule has 25 heavy (non-hydrogen) atoms. The average molecular weight is 369 g/mol. The molecule has 0 fully saturated rings. The molecule has 3 aromatic heterocycles. The third kappa shape index (κ3) is 3.97. The maximum Gasteiger partial charge on any atom is 0.253 e. The van der Waals surface area contributed by atoms with Crippen LogP contribution in [0.4, 0.5) is 0 Å². The number of nitrogens with zero attached hydrogens (tertiary/aromatic N) is 5. The maximum atomic E-state index is 5.77. The zero-order valence-corrected chi connectivity index (χ0v) is 15.1. The Labute approximate surface area is 152 Å². The summed E-state index contributed by atoms with van der Waals surface area (Å²) in [5.74, 6) is 2.19. The lowest BCUT2D eigenvalue weighted by atomic mass is 10.2. The molecule has 0 radical (unpaired) electrons. The van der Waals surface area contributed by atoms with Crippen molar-refractivity contribution < 1.29 is 4.74 Å². The van der Waals surface area contributed by atoms with E-state index in [-0.39, 0.29) is 0 Å². The van der Waals surface area contributed by atoms with Crippen LogP contribution in [0.2, 0.25) is 0 Å². The summed E-state index contributed by atoms with van der Waals surface area (Å²) in [6, 6.07) is 9.86. The molecule has 4 rings (SSSR count). The Morgan fingerprint density at radius 1 is 1.20 bits per heavy atom. The largest absolute Gasteiger partial charge is 0.486 e. The highest BCUT2D eigenvalue weighted by Crippen LogP contribution is 2.22. The predicted molar refractivity (Wildman–Crippen MR) is 98.0 cm³/mol. The molecule has 8 heteroatoms. The molecule has 4 aromatic rings. The van der Waals surface area contributed by atoms with Gasteiger partial charge in [0.25, 0.3) is 5.78 Å². The van der Waals surface area contributed by atoms with E-state index in [1.807, 2.05) is 36.5 Å². The fourth-order valence-corrected chi connectivity index (χ4v) is 3.70. The number of rotatable bonds is 6. The summed E-state index contributed by atoms with van der Waals surface area (Å²) >= 11 is 3.15. The predicted octanol–water partition coefficient (Wildman–Crippen LogP) is 3.76. The van der Waals surface area contributed by atoms with Gasteiger partial charge >= 0.3 is 0 Å². The summed E-state index contributed by atoms with van der Waals surface area (Å²) in [4.78, 5) is 13.1. The van der Waals surface area contributed by atoms with Gasteiger partial charge in [-0.05, 0) is 25.1 Å². The van der Waals surface area contributed by atoms with Gasteiger partial charge in [-0.15, -0.1) is 16.4 Å². The first-order chi connectivity index (χ1) is 12.3. The van der Waals surface area contributed by atoms with E-state index in [2.05, 4.69) is 32.4 Å². The van der Waals surface area contributed by atoms with Crippen LogP contribution in [-0.2, 0) is 12.4 Å². The van der Waals surface area contributed by atoms with Gasteiger partial charge in [-0.1, -0.05) is 29.5 Å². The fourth-order valence-electron chi connectivity index (χ4n) is 2.17. The minimum atomic E-state index is 0.481. The Morgan fingerprint density at radius 2 is 2.08 bits per heavy atom. The average Bonchev–Trinajstić information content (AvgIpc) is 3.25. The first-order valence-electron chi connectivity index (χ1n) is 7.69. The second-order valence-electron chi connectivity index (χ2n) is 5.38. The van der Waals surface area contributed by atoms with Crippen molar-refractivity contribution in [1.82, 2.24) is 24.6 Å². The lowest BCUT2D eigenvalue weighted by Crippen LogP contribution is -1.95. The van der Waals surface area contributed by atoms with Gasteiger partial charge in [0.2, 0.25) is 5.16 Å². The lowest BCUT2D eigenvalue weighted by molar-refractivity contribution is 0.305. The molecule has 0 atom stereocenters. The van der Waals surface area contributed by atoms with Crippen molar-refractivity contribution in [1.29, 1.82) is 0 Å². The van der Waals surface area contributed by atoms with Crippen LogP contribution in [0.25, 0.3) is 5.78 Å². The number of aryl methyl sites for hydroxylation is 1. The van der Waals surface area contributed by atoms with Gasteiger partial charge < -0.3 is 4.74 Å². The third-order valence-corrected chi connectivity index (χ3v) is 5.17. The van der Waals surface area contributed by atoms with Crippen molar-refractivity contribution in [2.75, 3.05) is 0 Å². The van der Waals surface area contributed by atoms with Crippen molar-refractivity contribution >= 4 is 28.9 Å². The van der Waals surface area contributed by atoms with Gasteiger partial charge in [-0.3, -0.25) is 0 Å². The standard InChI is InChI=1S/C17H15N5OS2/c1-12-3-5-14(6-4-12)23-9-15-19-13(10-24-15)11-25-17-20-16-18-7-2-8-22(16)21-17/h2-8,10H,9,11H2,1H3. The first kappa shape index (κ1) is 16.0. The molecule has 3 heterocycles. The zero-order valence-electron chi connectivity index (χ0n) is 13.5. The van der Waals surface area contributed by atoms with Gasteiger partial charge in [0.1, 0.15) is 17.4 Å². The fraction of sp³-hybridized carbons (Fsp3) is 0.176. The van der Waals surface area contributed by atoms with E-state index in [0.29, 0.717) is 17.5 Å². The summed E-state index contributed by atoms with van der Waals surface area (Å²) in [7, 11) is 0. The molecule has 0 aliphatic carbocycles. The molecule has 0 aliphatic heterocycles. The Balaban J connectivity index is 1.33. The monoisotopic (exact) mass is 369 g/mol. The van der Waals surface area contributed by atoms with E-state index >= 15 is 0 Å². The molecule has 0 bridgehead atoms. The number of fused-ring (bicyclic) bond motifs is 1. The van der Waals surface area contributed by atoms with Crippen LogP contribution in [0.3, 0.4) is 0 Å². The summed E-state index contributed by atoms with van der Waals surface area (Å²) in [5, 5.41) is 8.08. The van der Waals surface area contributed by atoms with Crippen LogP contribution in [0.1, 0.15) is 16.3 Å². The summed E-state index contributed by atoms with van der Waals surface area (Å²) in [6.45, 7) is 2.54. The second kappa shape index (κ2) is 7.20. The van der Waals surface area contributed by atoms with E-state index in [4.69, 9.17) is 4.74 Å². The molecule has 0 saturated carbocycles. The zero-order chi connectivity index (χ0) is 17.1. The van der Waals surface area contributed by atoms with Crippen molar-refractivity contribution in [2.45, 2.75) is 24.4 Å². The number of thioether (sulfide) groups is 1. The Kier molecular flexibility index (Phi) is 4.62. The highest BCUT2D eigenvalue weighted by molar-refractivity contribution is 7.98. The van der Waals surface area contributed by atoms with E-state index < -0.39 is 0 Å². The van der Waals surface area contributed by atoms with Crippen LogP contribution >= 0.6 is 23.1 Å². The Morgan fingerprint density at radius 3 is 2.92 bits per heavy atom. The molecular weight excluding hydrogens is 354 g/mol. The number of benzene rings is 1. The third-order valence-electron chi connectivity index (χ3n) is 3.43. The van der Waals surface area contributed by atoms with Gasteiger partial charge in [0.05, 0.1) is 5.69 Å². The van der Waals surface area contributed by atoms with E-state index in [9.17, 15) is 0 Å². The van der Waals surface area contributed by atoms with Gasteiger partial charge in [-0.25, -0.2) is 14.5 Å². The molecule has 0 N–H and O–H groups in total. The van der Waals surface area contributed by atoms with Crippen molar-refractivity contribution in [3.05, 3.63) is 64.4 Å². The number of ether oxygens (including phenoxy) is 1. The Bertz CT molecular complexity index is 947. The van der Waals surface area contributed by atoms with Crippen LogP contribution in [0.15, 0.2) is 53.3 Å². The molecule has 0 saturated heterocycles. The van der Waals surface area contributed by atoms with Crippen LogP contribution in [-0.4, -0.2) is 24.6 Å². The molecule has 0 aliphatic rings. The van der Waals surface area contributed by atoms with Crippen LogP contribution < -0.4 is 4.74 Å². The van der Waals surface area contributed by atoms with E-state index in [1.165, 1.54) is 5.56 Å². The normalized spacial score (nSPS) is 11.1. The van der Waals surface area contributed by atoms with E-state index in [1.54, 1.807) is 33.8 Å². The number of aromatic nitrogens is 5. The highest BCUT2D eigenvalue weighted by Gasteiger charge is 2.08. The number of hydrogen-bond acceptors (Lipinski definition) is 7. The van der Waals surface area contributed by atoms with Crippen LogP contribution in [0.5, 0.6) is 5.75 Å². The molecule has 6 nitrogen and oxygen atoms in total. The Hall–Kier alpha value is -2.45. The van der Waals surface area contributed by atoms with Gasteiger partial charge in [-0.2, -0.15) is 4.98 Å². The summed E-state index contributed by atoms with van der Waals surface area (Å²) in [6.07, 6.45) is 3.54. The SMILES string of the molecule is Cc1ccc(OCc2nc(CSc3nc4ncccn4n3)cs2)cc1. The van der Waals surface area contributed by atoms with E-state index in [0.717, 1.165) is 22.2 Å². The molecule has 0 amide bonds. The quantitative estimate of drug-likeness (QED) is 0.482. The lowest BCUT2D eigenvalue weighted by Gasteiger charge is -2.03. The number of hydrogen-bond donors (Lipinski definition) is 0. The molecule has 0 unspecified atom stereocenters. The topological polar surface area (TPSA) is 65.2 Å². The smallest absolute Gasteiger partial charge is 0.253 e. The molecule has 1 aromatic carbocycles. The van der Waals surface area contributed by atoms with Crippen molar-refractivity contribution in [2.24, 2.45) is 0 Å². The molecule has 0 spiro atoms. The second-order valence-corrected chi connectivity index (χ2v) is 7.27. The van der Waals surface area contributed by atoms with Crippen molar-refractivity contribution in [3.63, 3.8) is 0 Å². The molecular formula is C17H15N5OS2. The summed E-state index contributed by atoms with van der Waals surface area (Å²) < 4.78 is 7.44. The highest BCUT2D eigenvalue weighted by atomic mass is 32.2. The molecule has 126 valence electrons. The van der Waals surface area contributed by atoms with Crippen molar-refractivity contribution in [3.8, 4) is 5.75 Å². The first-order valence-corrected chi connectivity index (χ1v) is 9.56. The van der Waals surface area contributed by atoms with Crippen LogP contribution in [0, 0.1) is 6.92 Å². The van der Waals surface area contributed by atoms with Gasteiger partial charge in [0, 0.05) is 23.5 Å². The minimum Gasteiger partial charge on any atom is -0.486 e. The van der Waals surface area contributed by atoms with Gasteiger partial charge in [0.15, 0.2) is 0 Å². The maximum absolute atomic E-state index is 5.77.